The maximum Gasteiger partial charge on any atom is 0.224 e. The molecule has 0 aliphatic heterocycles. The Morgan fingerprint density at radius 2 is 1.73 bits per heavy atom. The third kappa shape index (κ3) is 6.59. The number of carbonyl (C=O) groups excluding carboxylic acids is 2. The molecule has 0 aliphatic carbocycles. The molecule has 2 aromatic rings. The molecule has 0 saturated carbocycles. The third-order valence-corrected chi connectivity index (χ3v) is 4.16. The lowest BCUT2D eigenvalue weighted by Gasteiger charge is -2.21. The van der Waals surface area contributed by atoms with Crippen molar-refractivity contribution < 1.29 is 14.3 Å². The van der Waals surface area contributed by atoms with Gasteiger partial charge in [-0.3, -0.25) is 9.59 Å². The molecule has 0 fully saturated rings. The predicted molar refractivity (Wildman–Crippen MR) is 102 cm³/mol. The van der Waals surface area contributed by atoms with Crippen molar-refractivity contribution in [3.8, 4) is 5.75 Å². The third-order valence-electron chi connectivity index (χ3n) is 4.16. The Hall–Kier alpha value is -2.82. The second kappa shape index (κ2) is 10.2. The van der Waals surface area contributed by atoms with Crippen molar-refractivity contribution in [1.29, 1.82) is 0 Å². The van der Waals surface area contributed by atoms with Crippen LogP contribution in [0.3, 0.4) is 0 Å². The van der Waals surface area contributed by atoms with Crippen molar-refractivity contribution in [2.75, 3.05) is 26.7 Å². The predicted octanol–water partition coefficient (Wildman–Crippen LogP) is 2.45. The first kappa shape index (κ1) is 19.5. The number of benzene rings is 2. The van der Waals surface area contributed by atoms with E-state index in [1.54, 1.807) is 18.9 Å². The smallest absolute Gasteiger partial charge is 0.224 e. The van der Waals surface area contributed by atoms with Gasteiger partial charge in [0.25, 0.3) is 0 Å². The van der Waals surface area contributed by atoms with Gasteiger partial charge in [-0.25, -0.2) is 0 Å². The second-order valence-corrected chi connectivity index (χ2v) is 6.12. The molecule has 0 atom stereocenters. The van der Waals surface area contributed by atoms with Crippen LogP contribution >= 0.6 is 0 Å². The number of nitrogens with one attached hydrogen (secondary N) is 1. The van der Waals surface area contributed by atoms with Crippen LogP contribution in [0, 0.1) is 0 Å². The van der Waals surface area contributed by atoms with Gasteiger partial charge in [0, 0.05) is 26.6 Å². The van der Waals surface area contributed by atoms with E-state index in [0.29, 0.717) is 26.1 Å². The first-order valence-electron chi connectivity index (χ1n) is 8.77. The molecule has 2 rings (SSSR count). The van der Waals surface area contributed by atoms with Gasteiger partial charge in [-0.1, -0.05) is 42.5 Å². The molecule has 0 heterocycles. The lowest BCUT2D eigenvalue weighted by Crippen LogP contribution is -2.39. The van der Waals surface area contributed by atoms with E-state index in [0.717, 1.165) is 23.3 Å². The normalized spacial score (nSPS) is 10.2. The molecule has 0 unspecified atom stereocenters. The van der Waals surface area contributed by atoms with E-state index in [-0.39, 0.29) is 11.8 Å². The van der Waals surface area contributed by atoms with Crippen LogP contribution in [0.1, 0.15) is 18.1 Å². The number of hydrogen-bond donors (Lipinski definition) is 1. The number of rotatable bonds is 9. The van der Waals surface area contributed by atoms with E-state index in [4.69, 9.17) is 4.74 Å². The second-order valence-electron chi connectivity index (χ2n) is 6.12. The van der Waals surface area contributed by atoms with Gasteiger partial charge < -0.3 is 15.0 Å². The summed E-state index contributed by atoms with van der Waals surface area (Å²) in [5.41, 5.74) is 2.09. The highest BCUT2D eigenvalue weighted by Crippen LogP contribution is 2.13. The SMILES string of the molecule is COc1cccc(CCN(CCNC(=O)Cc2ccccc2)C(C)=O)c1. The fourth-order valence-electron chi connectivity index (χ4n) is 2.69. The van der Waals surface area contributed by atoms with Crippen molar-refractivity contribution in [1.82, 2.24) is 10.2 Å². The van der Waals surface area contributed by atoms with Crippen LogP contribution in [0.15, 0.2) is 54.6 Å². The van der Waals surface area contributed by atoms with Gasteiger partial charge in [0.05, 0.1) is 13.5 Å². The maximum absolute atomic E-state index is 12.0. The molecule has 1 N–H and O–H groups in total. The summed E-state index contributed by atoms with van der Waals surface area (Å²) in [5, 5.41) is 2.88. The minimum absolute atomic E-state index is 0.00482. The lowest BCUT2D eigenvalue weighted by atomic mass is 10.1. The molecular weight excluding hydrogens is 328 g/mol. The molecule has 0 aromatic heterocycles. The molecule has 0 aliphatic rings. The van der Waals surface area contributed by atoms with Crippen LogP contribution in [0.25, 0.3) is 0 Å². The topological polar surface area (TPSA) is 58.6 Å². The van der Waals surface area contributed by atoms with Crippen molar-refractivity contribution in [2.24, 2.45) is 0 Å². The molecular formula is C21H26N2O3. The van der Waals surface area contributed by atoms with Gasteiger partial charge >= 0.3 is 0 Å². The molecule has 5 nitrogen and oxygen atoms in total. The molecule has 0 bridgehead atoms. The maximum atomic E-state index is 12.0. The number of hydrogen-bond acceptors (Lipinski definition) is 3. The van der Waals surface area contributed by atoms with Crippen LogP contribution in [0.4, 0.5) is 0 Å². The molecule has 2 aromatic carbocycles. The fourth-order valence-corrected chi connectivity index (χ4v) is 2.69. The van der Waals surface area contributed by atoms with Crippen LogP contribution in [0.2, 0.25) is 0 Å². The van der Waals surface area contributed by atoms with Crippen molar-refractivity contribution >= 4 is 11.8 Å². The van der Waals surface area contributed by atoms with Gasteiger partial charge in [-0.05, 0) is 29.7 Å². The lowest BCUT2D eigenvalue weighted by molar-refractivity contribution is -0.129. The quantitative estimate of drug-likeness (QED) is 0.752. The Bertz CT molecular complexity index is 716. The van der Waals surface area contributed by atoms with Crippen molar-refractivity contribution in [3.63, 3.8) is 0 Å². The van der Waals surface area contributed by atoms with Crippen LogP contribution in [-0.4, -0.2) is 43.5 Å². The van der Waals surface area contributed by atoms with E-state index in [9.17, 15) is 9.59 Å². The Labute approximate surface area is 155 Å². The van der Waals surface area contributed by atoms with E-state index in [2.05, 4.69) is 5.32 Å². The highest BCUT2D eigenvalue weighted by molar-refractivity contribution is 5.78. The van der Waals surface area contributed by atoms with Crippen molar-refractivity contribution in [2.45, 2.75) is 19.8 Å². The fraction of sp³-hybridized carbons (Fsp3) is 0.333. The van der Waals surface area contributed by atoms with Gasteiger partial charge in [0.1, 0.15) is 5.75 Å². The van der Waals surface area contributed by atoms with E-state index in [1.165, 1.54) is 0 Å². The summed E-state index contributed by atoms with van der Waals surface area (Å²) in [6.45, 7) is 3.11. The molecule has 138 valence electrons. The molecule has 0 saturated heterocycles. The monoisotopic (exact) mass is 354 g/mol. The standard InChI is InChI=1S/C21H26N2O3/c1-17(24)23(13-11-19-9-6-10-20(15-19)26-2)14-12-22-21(25)16-18-7-4-3-5-8-18/h3-10,15H,11-14,16H2,1-2H3,(H,22,25). The number of ether oxygens (including phenoxy) is 1. The van der Waals surface area contributed by atoms with Gasteiger partial charge in [0.2, 0.25) is 11.8 Å². The summed E-state index contributed by atoms with van der Waals surface area (Å²) in [5.74, 6) is 0.780. The largest absolute Gasteiger partial charge is 0.497 e. The van der Waals surface area contributed by atoms with E-state index >= 15 is 0 Å². The highest BCUT2D eigenvalue weighted by Gasteiger charge is 2.10. The zero-order chi connectivity index (χ0) is 18.8. The summed E-state index contributed by atoms with van der Waals surface area (Å²) in [7, 11) is 1.64. The number of carbonyl (C=O) groups is 2. The molecule has 2 amide bonds. The van der Waals surface area contributed by atoms with E-state index in [1.807, 2.05) is 54.6 Å². The Morgan fingerprint density at radius 3 is 2.42 bits per heavy atom. The highest BCUT2D eigenvalue weighted by atomic mass is 16.5. The molecule has 0 radical (unpaired) electrons. The van der Waals surface area contributed by atoms with Gasteiger partial charge in [0.15, 0.2) is 0 Å². The number of nitrogens with zero attached hydrogens (tertiary/aromatic N) is 1. The Kier molecular flexibility index (Phi) is 7.68. The zero-order valence-electron chi connectivity index (χ0n) is 15.4. The molecule has 5 heteroatoms. The summed E-state index contributed by atoms with van der Waals surface area (Å²) >= 11 is 0. The summed E-state index contributed by atoms with van der Waals surface area (Å²) in [6.07, 6.45) is 1.10. The number of methoxy groups -OCH3 is 1. The number of amides is 2. The van der Waals surface area contributed by atoms with Crippen LogP contribution in [0.5, 0.6) is 5.75 Å². The minimum Gasteiger partial charge on any atom is -0.497 e. The van der Waals surface area contributed by atoms with Crippen LogP contribution in [-0.2, 0) is 22.4 Å². The average Bonchev–Trinajstić information content (AvgIpc) is 2.65. The Balaban J connectivity index is 1.77. The van der Waals surface area contributed by atoms with Crippen molar-refractivity contribution in [3.05, 3.63) is 65.7 Å². The Morgan fingerprint density at radius 1 is 1.00 bits per heavy atom. The van der Waals surface area contributed by atoms with E-state index < -0.39 is 0 Å². The van der Waals surface area contributed by atoms with Crippen LogP contribution < -0.4 is 10.1 Å². The zero-order valence-corrected chi connectivity index (χ0v) is 15.4. The van der Waals surface area contributed by atoms with Gasteiger partial charge in [-0.15, -0.1) is 0 Å². The first-order chi connectivity index (χ1) is 12.6. The average molecular weight is 354 g/mol. The summed E-state index contributed by atoms with van der Waals surface area (Å²) < 4.78 is 5.22. The van der Waals surface area contributed by atoms with Gasteiger partial charge in [-0.2, -0.15) is 0 Å². The summed E-state index contributed by atoms with van der Waals surface area (Å²) in [6, 6.07) is 17.4. The molecule has 26 heavy (non-hydrogen) atoms. The first-order valence-corrected chi connectivity index (χ1v) is 8.77. The molecule has 0 spiro atoms. The minimum atomic E-state index is -0.0347. The summed E-state index contributed by atoms with van der Waals surface area (Å²) in [4.78, 5) is 25.6.